The number of rotatable bonds is 5. The van der Waals surface area contributed by atoms with Gasteiger partial charge < -0.3 is 14.8 Å². The Morgan fingerprint density at radius 1 is 1.14 bits per heavy atom. The monoisotopic (exact) mass is 428 g/mol. The summed E-state index contributed by atoms with van der Waals surface area (Å²) in [6, 6.07) is 7.11. The van der Waals surface area contributed by atoms with Crippen molar-refractivity contribution in [3.63, 3.8) is 0 Å². The van der Waals surface area contributed by atoms with Crippen LogP contribution in [-0.4, -0.2) is 38.1 Å². The Morgan fingerprint density at radius 2 is 1.79 bits per heavy atom. The molecule has 0 atom stereocenters. The molecule has 156 valence electrons. The number of methoxy groups -OCH3 is 2. The number of nitrogens with one attached hydrogen (secondary N) is 1. The smallest absolute Gasteiger partial charge is 0.417 e. The number of amides is 1. The first-order chi connectivity index (χ1) is 13.7. The summed E-state index contributed by atoms with van der Waals surface area (Å²) in [5.74, 6) is 0.864. The lowest BCUT2D eigenvalue weighted by atomic mass is 9.99. The zero-order valence-corrected chi connectivity index (χ0v) is 16.7. The van der Waals surface area contributed by atoms with Gasteiger partial charge >= 0.3 is 6.18 Å². The van der Waals surface area contributed by atoms with Gasteiger partial charge in [0.2, 0.25) is 5.91 Å². The van der Waals surface area contributed by atoms with E-state index < -0.39 is 22.7 Å². The molecule has 2 aromatic rings. The average Bonchev–Trinajstić information content (AvgIpc) is 2.67. The van der Waals surface area contributed by atoms with Gasteiger partial charge in [0.15, 0.2) is 11.5 Å². The predicted molar refractivity (Wildman–Crippen MR) is 104 cm³/mol. The minimum atomic E-state index is -4.59. The van der Waals surface area contributed by atoms with Crippen molar-refractivity contribution in [1.29, 1.82) is 0 Å². The molecule has 0 aliphatic carbocycles. The minimum Gasteiger partial charge on any atom is -0.493 e. The topological polar surface area (TPSA) is 50.8 Å². The Bertz CT molecular complexity index is 919. The lowest BCUT2D eigenvalue weighted by Crippen LogP contribution is -2.37. The fourth-order valence-corrected chi connectivity index (χ4v) is 3.53. The standard InChI is InChI=1S/C20H20ClF3N2O3/c1-28-17-7-12-5-6-26(10-13(12)8-18(17)29-2)11-19(27)25-14-3-4-16(21)15(9-14)20(22,23)24/h3-4,7-9H,5-6,10-11H2,1-2H3,(H,25,27). The van der Waals surface area contributed by atoms with Gasteiger partial charge in [0.25, 0.3) is 0 Å². The van der Waals surface area contributed by atoms with E-state index in [1.807, 2.05) is 17.0 Å². The normalized spacial score (nSPS) is 14.3. The van der Waals surface area contributed by atoms with Gasteiger partial charge in [-0.2, -0.15) is 13.2 Å². The number of anilines is 1. The highest BCUT2D eigenvalue weighted by Gasteiger charge is 2.33. The van der Waals surface area contributed by atoms with Gasteiger partial charge in [-0.25, -0.2) is 0 Å². The van der Waals surface area contributed by atoms with Crippen LogP contribution in [-0.2, 0) is 23.9 Å². The zero-order chi connectivity index (χ0) is 21.2. The number of alkyl halides is 3. The van der Waals surface area contributed by atoms with E-state index in [4.69, 9.17) is 21.1 Å². The Hall–Kier alpha value is -2.45. The molecule has 1 aliphatic rings. The summed E-state index contributed by atoms with van der Waals surface area (Å²) in [4.78, 5) is 14.3. The van der Waals surface area contributed by atoms with Crippen LogP contribution in [0.2, 0.25) is 5.02 Å². The van der Waals surface area contributed by atoms with E-state index in [-0.39, 0.29) is 12.2 Å². The molecule has 9 heteroatoms. The van der Waals surface area contributed by atoms with Crippen molar-refractivity contribution in [2.24, 2.45) is 0 Å². The summed E-state index contributed by atoms with van der Waals surface area (Å²) in [7, 11) is 3.13. The third-order valence-corrected chi connectivity index (χ3v) is 5.05. The highest BCUT2D eigenvalue weighted by atomic mass is 35.5. The molecule has 0 saturated heterocycles. The molecule has 1 N–H and O–H groups in total. The van der Waals surface area contributed by atoms with Gasteiger partial charge in [-0.15, -0.1) is 0 Å². The van der Waals surface area contributed by atoms with Crippen molar-refractivity contribution in [1.82, 2.24) is 4.90 Å². The van der Waals surface area contributed by atoms with E-state index in [9.17, 15) is 18.0 Å². The second-order valence-corrected chi connectivity index (χ2v) is 7.08. The molecule has 1 heterocycles. The molecule has 0 aromatic heterocycles. The van der Waals surface area contributed by atoms with Crippen molar-refractivity contribution in [2.75, 3.05) is 32.6 Å². The number of hydrogen-bond donors (Lipinski definition) is 1. The minimum absolute atomic E-state index is 0.0514. The highest BCUT2D eigenvalue weighted by Crippen LogP contribution is 2.36. The fraction of sp³-hybridized carbons (Fsp3) is 0.350. The van der Waals surface area contributed by atoms with Crippen LogP contribution < -0.4 is 14.8 Å². The number of nitrogens with zero attached hydrogens (tertiary/aromatic N) is 1. The second-order valence-electron chi connectivity index (χ2n) is 6.68. The molecule has 0 unspecified atom stereocenters. The fourth-order valence-electron chi connectivity index (χ4n) is 3.30. The summed E-state index contributed by atoms with van der Waals surface area (Å²) in [5, 5.41) is 2.10. The van der Waals surface area contributed by atoms with E-state index >= 15 is 0 Å². The number of fused-ring (bicyclic) bond motifs is 1. The van der Waals surface area contributed by atoms with Gasteiger partial charge in [0, 0.05) is 18.8 Å². The summed E-state index contributed by atoms with van der Waals surface area (Å²) in [5.41, 5.74) is 1.21. The maximum atomic E-state index is 13.0. The van der Waals surface area contributed by atoms with E-state index in [0.29, 0.717) is 24.6 Å². The van der Waals surface area contributed by atoms with Crippen LogP contribution in [0.25, 0.3) is 0 Å². The number of halogens is 4. The molecule has 1 amide bonds. The average molecular weight is 429 g/mol. The van der Waals surface area contributed by atoms with E-state index in [0.717, 1.165) is 29.7 Å². The van der Waals surface area contributed by atoms with Crippen LogP contribution in [0.1, 0.15) is 16.7 Å². The first-order valence-electron chi connectivity index (χ1n) is 8.84. The predicted octanol–water partition coefficient (Wildman–Crippen LogP) is 4.37. The molecule has 0 fully saturated rings. The Kier molecular flexibility index (Phi) is 6.24. The van der Waals surface area contributed by atoms with Crippen molar-refractivity contribution >= 4 is 23.2 Å². The van der Waals surface area contributed by atoms with Crippen molar-refractivity contribution < 1.29 is 27.4 Å². The Labute approximate surface area is 171 Å². The molecule has 0 bridgehead atoms. The van der Waals surface area contributed by atoms with Crippen molar-refractivity contribution in [3.8, 4) is 11.5 Å². The van der Waals surface area contributed by atoms with Crippen molar-refractivity contribution in [3.05, 3.63) is 52.0 Å². The number of benzene rings is 2. The van der Waals surface area contributed by atoms with Crippen LogP contribution in [0.5, 0.6) is 11.5 Å². The van der Waals surface area contributed by atoms with Gasteiger partial charge in [-0.05, 0) is 47.9 Å². The third-order valence-electron chi connectivity index (χ3n) is 4.72. The van der Waals surface area contributed by atoms with Gasteiger partial charge in [0.05, 0.1) is 31.4 Å². The van der Waals surface area contributed by atoms with E-state index in [2.05, 4.69) is 5.32 Å². The van der Waals surface area contributed by atoms with E-state index in [1.165, 1.54) is 6.07 Å². The molecule has 29 heavy (non-hydrogen) atoms. The summed E-state index contributed by atoms with van der Waals surface area (Å²) in [6.07, 6.45) is -3.86. The lowest BCUT2D eigenvalue weighted by Gasteiger charge is -2.29. The Morgan fingerprint density at radius 3 is 2.41 bits per heavy atom. The van der Waals surface area contributed by atoms with E-state index in [1.54, 1.807) is 14.2 Å². The number of ether oxygens (including phenoxy) is 2. The third kappa shape index (κ3) is 4.94. The SMILES string of the molecule is COc1cc2c(cc1OC)CN(CC(=O)Nc1ccc(Cl)c(C(F)(F)F)c1)CC2. The number of carbonyl (C=O) groups excluding carboxylic acids is 1. The largest absolute Gasteiger partial charge is 0.493 e. The number of hydrogen-bond acceptors (Lipinski definition) is 4. The summed E-state index contributed by atoms with van der Waals surface area (Å²) < 4.78 is 49.5. The van der Waals surface area contributed by atoms with Crippen LogP contribution in [0.3, 0.4) is 0 Å². The molecule has 0 spiro atoms. The molecule has 0 radical (unpaired) electrons. The van der Waals surface area contributed by atoms with Gasteiger partial charge in [-0.1, -0.05) is 11.6 Å². The molecular formula is C20H20ClF3N2O3. The maximum absolute atomic E-state index is 13.0. The van der Waals surface area contributed by atoms with Crippen LogP contribution in [0.4, 0.5) is 18.9 Å². The second kappa shape index (κ2) is 8.51. The van der Waals surface area contributed by atoms with Crippen LogP contribution in [0.15, 0.2) is 30.3 Å². The molecular weight excluding hydrogens is 409 g/mol. The quantitative estimate of drug-likeness (QED) is 0.768. The van der Waals surface area contributed by atoms with Crippen LogP contribution in [0, 0.1) is 0 Å². The first kappa shape index (κ1) is 21.3. The van der Waals surface area contributed by atoms with Gasteiger partial charge in [0.1, 0.15) is 0 Å². The number of carbonyl (C=O) groups is 1. The molecule has 5 nitrogen and oxygen atoms in total. The highest BCUT2D eigenvalue weighted by molar-refractivity contribution is 6.31. The summed E-state index contributed by atoms with van der Waals surface area (Å²) >= 11 is 5.61. The molecule has 2 aromatic carbocycles. The zero-order valence-electron chi connectivity index (χ0n) is 15.9. The molecule has 1 aliphatic heterocycles. The molecule has 3 rings (SSSR count). The first-order valence-corrected chi connectivity index (χ1v) is 9.21. The van der Waals surface area contributed by atoms with Crippen molar-refractivity contribution in [2.45, 2.75) is 19.1 Å². The molecule has 0 saturated carbocycles. The maximum Gasteiger partial charge on any atom is 0.417 e. The summed E-state index contributed by atoms with van der Waals surface area (Å²) in [6.45, 7) is 1.22. The lowest BCUT2D eigenvalue weighted by molar-refractivity contribution is -0.137. The van der Waals surface area contributed by atoms with Gasteiger partial charge in [-0.3, -0.25) is 9.69 Å². The Balaban J connectivity index is 1.67. The van der Waals surface area contributed by atoms with Crippen LogP contribution >= 0.6 is 11.6 Å².